The SMILES string of the molecule is CNC(=O)C1CCCN1C(=O)CNC(=O)c1sc(-c2ccc(Cl)s2)nc1C. The number of likely N-dealkylation sites (tertiary alicyclic amines) is 1. The number of amides is 3. The molecule has 3 heterocycles. The van der Waals surface area contributed by atoms with E-state index in [1.165, 1.54) is 27.6 Å². The van der Waals surface area contributed by atoms with Crippen molar-refractivity contribution in [3.63, 3.8) is 0 Å². The molecule has 1 unspecified atom stereocenters. The molecule has 2 N–H and O–H groups in total. The maximum Gasteiger partial charge on any atom is 0.263 e. The van der Waals surface area contributed by atoms with Crippen LogP contribution in [-0.2, 0) is 9.59 Å². The predicted octanol–water partition coefficient (Wildman–Crippen LogP) is 2.30. The van der Waals surface area contributed by atoms with Gasteiger partial charge >= 0.3 is 0 Å². The molecule has 2 aromatic rings. The molecule has 10 heteroatoms. The number of aromatic nitrogens is 1. The Bertz CT molecular complexity index is 879. The zero-order valence-electron chi connectivity index (χ0n) is 14.9. The van der Waals surface area contributed by atoms with Crippen molar-refractivity contribution in [3.05, 3.63) is 27.0 Å². The van der Waals surface area contributed by atoms with Crippen LogP contribution >= 0.6 is 34.3 Å². The lowest BCUT2D eigenvalue weighted by Crippen LogP contribution is -2.48. The molecule has 2 aromatic heterocycles. The first-order valence-corrected chi connectivity index (χ1v) is 10.4. The van der Waals surface area contributed by atoms with E-state index in [0.717, 1.165) is 16.3 Å². The second kappa shape index (κ2) is 8.37. The number of carbonyl (C=O) groups excluding carboxylic acids is 3. The van der Waals surface area contributed by atoms with E-state index in [1.807, 2.05) is 6.07 Å². The van der Waals surface area contributed by atoms with Gasteiger partial charge in [0.2, 0.25) is 11.8 Å². The van der Waals surface area contributed by atoms with E-state index in [4.69, 9.17) is 11.6 Å². The van der Waals surface area contributed by atoms with Crippen LogP contribution in [0.15, 0.2) is 12.1 Å². The fourth-order valence-electron chi connectivity index (χ4n) is 2.98. The van der Waals surface area contributed by atoms with Gasteiger partial charge in [0.1, 0.15) is 15.9 Å². The molecule has 144 valence electrons. The Morgan fingerprint density at radius 1 is 1.33 bits per heavy atom. The van der Waals surface area contributed by atoms with Crippen molar-refractivity contribution in [1.82, 2.24) is 20.5 Å². The van der Waals surface area contributed by atoms with Crippen LogP contribution < -0.4 is 10.6 Å². The lowest BCUT2D eigenvalue weighted by Gasteiger charge is -2.23. The van der Waals surface area contributed by atoms with Gasteiger partial charge in [0.15, 0.2) is 0 Å². The monoisotopic (exact) mass is 426 g/mol. The first-order valence-electron chi connectivity index (χ1n) is 8.43. The third-order valence-electron chi connectivity index (χ3n) is 4.31. The molecule has 0 radical (unpaired) electrons. The molecule has 1 saturated heterocycles. The summed E-state index contributed by atoms with van der Waals surface area (Å²) >= 11 is 8.62. The van der Waals surface area contributed by atoms with E-state index < -0.39 is 6.04 Å². The third-order valence-corrected chi connectivity index (χ3v) is 6.87. The van der Waals surface area contributed by atoms with Gasteiger partial charge in [-0.05, 0) is 31.9 Å². The maximum atomic E-state index is 12.5. The Kier molecular flexibility index (Phi) is 6.13. The quantitative estimate of drug-likeness (QED) is 0.767. The van der Waals surface area contributed by atoms with Crippen LogP contribution in [0.3, 0.4) is 0 Å². The summed E-state index contributed by atoms with van der Waals surface area (Å²) in [6.07, 6.45) is 1.42. The van der Waals surface area contributed by atoms with Crippen LogP contribution in [-0.4, -0.2) is 53.8 Å². The fraction of sp³-hybridized carbons (Fsp3) is 0.412. The highest BCUT2D eigenvalue weighted by atomic mass is 35.5. The number of likely N-dealkylation sites (N-methyl/N-ethyl adjacent to an activating group) is 1. The molecule has 0 saturated carbocycles. The van der Waals surface area contributed by atoms with Gasteiger partial charge in [0.25, 0.3) is 5.91 Å². The second-order valence-electron chi connectivity index (χ2n) is 6.08. The van der Waals surface area contributed by atoms with Crippen LogP contribution in [0.25, 0.3) is 9.88 Å². The van der Waals surface area contributed by atoms with Crippen molar-refractivity contribution in [2.45, 2.75) is 25.8 Å². The van der Waals surface area contributed by atoms with Crippen LogP contribution in [0.5, 0.6) is 0 Å². The highest BCUT2D eigenvalue weighted by molar-refractivity contribution is 7.24. The molecule has 0 aliphatic carbocycles. The fourth-order valence-corrected chi connectivity index (χ4v) is 5.06. The minimum absolute atomic E-state index is 0.149. The Balaban J connectivity index is 1.63. The minimum atomic E-state index is -0.459. The van der Waals surface area contributed by atoms with Gasteiger partial charge < -0.3 is 15.5 Å². The zero-order valence-corrected chi connectivity index (χ0v) is 17.3. The Labute approximate surface area is 169 Å². The van der Waals surface area contributed by atoms with Crippen LogP contribution in [0.4, 0.5) is 0 Å². The predicted molar refractivity (Wildman–Crippen MR) is 106 cm³/mol. The van der Waals surface area contributed by atoms with Gasteiger partial charge in [0.05, 0.1) is 21.5 Å². The van der Waals surface area contributed by atoms with Gasteiger partial charge in [-0.15, -0.1) is 22.7 Å². The number of aryl methyl sites for hydroxylation is 1. The molecular weight excluding hydrogens is 408 g/mol. The molecule has 3 amide bonds. The number of nitrogens with one attached hydrogen (secondary N) is 2. The van der Waals surface area contributed by atoms with Gasteiger partial charge in [-0.1, -0.05) is 11.6 Å². The van der Waals surface area contributed by atoms with E-state index in [2.05, 4.69) is 15.6 Å². The molecule has 7 nitrogen and oxygen atoms in total. The molecule has 0 bridgehead atoms. The van der Waals surface area contributed by atoms with Crippen LogP contribution in [0.2, 0.25) is 4.34 Å². The zero-order chi connectivity index (χ0) is 19.6. The highest BCUT2D eigenvalue weighted by Crippen LogP contribution is 2.34. The smallest absolute Gasteiger partial charge is 0.263 e. The average Bonchev–Trinajstić information content (AvgIpc) is 3.38. The Morgan fingerprint density at radius 3 is 2.78 bits per heavy atom. The Morgan fingerprint density at radius 2 is 2.11 bits per heavy atom. The summed E-state index contributed by atoms with van der Waals surface area (Å²) < 4.78 is 0.658. The summed E-state index contributed by atoms with van der Waals surface area (Å²) in [7, 11) is 1.55. The van der Waals surface area contributed by atoms with Crippen molar-refractivity contribution in [3.8, 4) is 9.88 Å². The number of thiophene rings is 1. The molecule has 3 rings (SSSR count). The average molecular weight is 427 g/mol. The molecule has 0 aromatic carbocycles. The molecule has 1 fully saturated rings. The van der Waals surface area contributed by atoms with Crippen molar-refractivity contribution >= 4 is 52.0 Å². The summed E-state index contributed by atoms with van der Waals surface area (Å²) in [4.78, 5) is 44.1. The first-order chi connectivity index (χ1) is 12.9. The van der Waals surface area contributed by atoms with Crippen LogP contribution in [0, 0.1) is 6.92 Å². The lowest BCUT2D eigenvalue weighted by molar-refractivity contribution is -0.137. The third kappa shape index (κ3) is 4.31. The number of hydrogen-bond acceptors (Lipinski definition) is 6. The van der Waals surface area contributed by atoms with E-state index in [-0.39, 0.29) is 24.3 Å². The maximum absolute atomic E-state index is 12.5. The normalized spacial score (nSPS) is 16.4. The Hall–Kier alpha value is -1.97. The number of halogens is 1. The summed E-state index contributed by atoms with van der Waals surface area (Å²) in [5, 5.41) is 5.95. The molecule has 1 aliphatic rings. The molecule has 27 heavy (non-hydrogen) atoms. The highest BCUT2D eigenvalue weighted by Gasteiger charge is 2.33. The largest absolute Gasteiger partial charge is 0.357 e. The number of carbonyl (C=O) groups is 3. The van der Waals surface area contributed by atoms with Gasteiger partial charge in [-0.2, -0.15) is 0 Å². The molecule has 0 spiro atoms. The summed E-state index contributed by atoms with van der Waals surface area (Å²) in [6.45, 7) is 2.13. The number of rotatable bonds is 5. The summed E-state index contributed by atoms with van der Waals surface area (Å²) in [5.74, 6) is -0.783. The number of thiazole rings is 1. The second-order valence-corrected chi connectivity index (χ2v) is 8.79. The molecule has 1 atom stereocenters. The summed E-state index contributed by atoms with van der Waals surface area (Å²) in [5.41, 5.74) is 0.605. The summed E-state index contributed by atoms with van der Waals surface area (Å²) in [6, 6.07) is 3.19. The molecular formula is C17H19ClN4O3S2. The van der Waals surface area contributed by atoms with Gasteiger partial charge in [-0.25, -0.2) is 4.98 Å². The van der Waals surface area contributed by atoms with E-state index >= 15 is 0 Å². The number of hydrogen-bond donors (Lipinski definition) is 2. The molecule has 1 aliphatic heterocycles. The van der Waals surface area contributed by atoms with E-state index in [0.29, 0.717) is 27.9 Å². The minimum Gasteiger partial charge on any atom is -0.357 e. The van der Waals surface area contributed by atoms with Crippen LogP contribution in [0.1, 0.15) is 28.2 Å². The first kappa shape index (κ1) is 19.8. The van der Waals surface area contributed by atoms with Gasteiger partial charge in [0, 0.05) is 13.6 Å². The van der Waals surface area contributed by atoms with E-state index in [9.17, 15) is 14.4 Å². The lowest BCUT2D eigenvalue weighted by atomic mass is 10.2. The topological polar surface area (TPSA) is 91.4 Å². The van der Waals surface area contributed by atoms with Crippen molar-refractivity contribution < 1.29 is 14.4 Å². The number of nitrogens with zero attached hydrogens (tertiary/aromatic N) is 2. The van der Waals surface area contributed by atoms with Crippen molar-refractivity contribution in [1.29, 1.82) is 0 Å². The van der Waals surface area contributed by atoms with Crippen molar-refractivity contribution in [2.75, 3.05) is 20.1 Å². The van der Waals surface area contributed by atoms with Gasteiger partial charge in [-0.3, -0.25) is 14.4 Å². The standard InChI is InChI=1S/C17H19ClN4O3S2/c1-9-14(27-17(21-9)11-5-6-12(18)26-11)16(25)20-8-13(23)22-7-3-4-10(22)15(24)19-2/h5-6,10H,3-4,7-8H2,1-2H3,(H,19,24)(H,20,25). The van der Waals surface area contributed by atoms with E-state index in [1.54, 1.807) is 20.0 Å². The van der Waals surface area contributed by atoms with Crippen molar-refractivity contribution in [2.24, 2.45) is 0 Å².